The van der Waals surface area contributed by atoms with Crippen LogP contribution < -0.4 is 5.73 Å². The van der Waals surface area contributed by atoms with Crippen LogP contribution in [0.15, 0.2) is 0 Å². The Hall–Kier alpha value is -0.570. The van der Waals surface area contributed by atoms with Crippen LogP contribution in [0.3, 0.4) is 0 Å². The summed E-state index contributed by atoms with van der Waals surface area (Å²) < 4.78 is 5.33. The maximum atomic E-state index is 11.5. The number of cyclic esters (lactones) is 1. The van der Waals surface area contributed by atoms with Gasteiger partial charge in [0.1, 0.15) is 0 Å². The molecule has 2 N–H and O–H groups in total. The number of esters is 1. The first-order chi connectivity index (χ1) is 8.68. The highest BCUT2D eigenvalue weighted by atomic mass is 16.5. The first kappa shape index (κ1) is 10.2. The first-order valence-corrected chi connectivity index (χ1v) is 7.59. The topological polar surface area (TPSA) is 52.3 Å². The van der Waals surface area contributed by atoms with Gasteiger partial charge in [-0.05, 0) is 61.2 Å². The van der Waals surface area contributed by atoms with Crippen molar-refractivity contribution in [1.29, 1.82) is 0 Å². The summed E-state index contributed by atoms with van der Waals surface area (Å²) in [6.45, 7) is 0.722. The van der Waals surface area contributed by atoms with Gasteiger partial charge < -0.3 is 10.5 Å². The van der Waals surface area contributed by atoms with Crippen LogP contribution in [-0.4, -0.2) is 18.6 Å². The molecule has 1 spiro atoms. The number of fused-ring (bicyclic) bond motifs is 10. The van der Waals surface area contributed by atoms with Crippen LogP contribution in [0, 0.1) is 40.9 Å². The second-order valence-corrected chi connectivity index (χ2v) is 7.72. The van der Waals surface area contributed by atoms with Gasteiger partial charge >= 0.3 is 5.97 Å². The van der Waals surface area contributed by atoms with Crippen LogP contribution >= 0.6 is 0 Å². The Kier molecular flexibility index (Phi) is 1.68. The van der Waals surface area contributed by atoms with Gasteiger partial charge in [-0.1, -0.05) is 0 Å². The normalized spacial score (nSPS) is 63.8. The van der Waals surface area contributed by atoms with Crippen molar-refractivity contribution in [1.82, 2.24) is 0 Å². The van der Waals surface area contributed by atoms with Crippen LogP contribution in [-0.2, 0) is 9.53 Å². The number of carbonyl (C=O) groups excluding carboxylic acids is 1. The van der Waals surface area contributed by atoms with Crippen molar-refractivity contribution in [2.24, 2.45) is 46.7 Å². The average molecular weight is 247 g/mol. The summed E-state index contributed by atoms with van der Waals surface area (Å²) in [5.74, 6) is 5.17. The van der Waals surface area contributed by atoms with Crippen molar-refractivity contribution in [2.45, 2.75) is 38.1 Å². The minimum Gasteiger partial charge on any atom is -0.465 e. The molecule has 98 valence electrons. The molecule has 5 aliphatic rings. The van der Waals surface area contributed by atoms with Gasteiger partial charge in [-0.15, -0.1) is 0 Å². The van der Waals surface area contributed by atoms with Gasteiger partial charge in [0.25, 0.3) is 0 Å². The van der Waals surface area contributed by atoms with Crippen molar-refractivity contribution in [3.05, 3.63) is 0 Å². The molecule has 3 nitrogen and oxygen atoms in total. The van der Waals surface area contributed by atoms with E-state index in [1.807, 2.05) is 0 Å². The molecule has 0 amide bonds. The fourth-order valence-electron chi connectivity index (χ4n) is 6.94. The maximum absolute atomic E-state index is 11.5. The predicted molar refractivity (Wildman–Crippen MR) is 65.4 cm³/mol. The standard InChI is InChI=1S/C15H21NO2/c16-11-3-7-1-9(11)13-8-2-10(14(7)13)15(4-8)5-12(17)18-6-15/h7-11,13-14H,1-6,16H2/t7?,8?,9?,10?,11?,13?,14?,15-/m0/s1. The third kappa shape index (κ3) is 0.974. The number of hydrogen-bond donors (Lipinski definition) is 1. The Morgan fingerprint density at radius 2 is 2.06 bits per heavy atom. The molecule has 4 bridgehead atoms. The van der Waals surface area contributed by atoms with E-state index in [4.69, 9.17) is 10.5 Å². The fourth-order valence-corrected chi connectivity index (χ4v) is 6.94. The van der Waals surface area contributed by atoms with Gasteiger partial charge in [0.05, 0.1) is 13.0 Å². The van der Waals surface area contributed by atoms with E-state index in [1.54, 1.807) is 0 Å². The second-order valence-electron chi connectivity index (χ2n) is 7.72. The molecule has 0 aromatic heterocycles. The highest BCUT2D eigenvalue weighted by molar-refractivity contribution is 5.72. The molecular weight excluding hydrogens is 226 g/mol. The van der Waals surface area contributed by atoms with Gasteiger partial charge in [-0.2, -0.15) is 0 Å². The zero-order valence-electron chi connectivity index (χ0n) is 10.7. The molecule has 4 saturated carbocycles. The van der Waals surface area contributed by atoms with E-state index in [0.29, 0.717) is 12.5 Å². The Morgan fingerprint density at radius 3 is 2.83 bits per heavy atom. The summed E-state index contributed by atoms with van der Waals surface area (Å²) in [4.78, 5) is 11.5. The first-order valence-electron chi connectivity index (χ1n) is 7.59. The predicted octanol–water partition coefficient (Wildman–Crippen LogP) is 1.56. The van der Waals surface area contributed by atoms with Crippen molar-refractivity contribution < 1.29 is 9.53 Å². The Labute approximate surface area is 107 Å². The quantitative estimate of drug-likeness (QED) is 0.522. The lowest BCUT2D eigenvalue weighted by Crippen LogP contribution is -2.45. The van der Waals surface area contributed by atoms with E-state index in [9.17, 15) is 4.79 Å². The minimum atomic E-state index is 0.0546. The lowest BCUT2D eigenvalue weighted by molar-refractivity contribution is -0.137. The molecule has 0 radical (unpaired) electrons. The molecule has 5 rings (SSSR count). The zero-order chi connectivity index (χ0) is 12.1. The van der Waals surface area contributed by atoms with Crippen molar-refractivity contribution in [3.8, 4) is 0 Å². The van der Waals surface area contributed by atoms with Crippen LogP contribution in [0.5, 0.6) is 0 Å². The summed E-state index contributed by atoms with van der Waals surface area (Å²) in [6.07, 6.45) is 5.96. The molecule has 7 unspecified atom stereocenters. The maximum Gasteiger partial charge on any atom is 0.306 e. The number of carbonyl (C=O) groups is 1. The Morgan fingerprint density at radius 1 is 1.17 bits per heavy atom. The number of ether oxygens (including phenoxy) is 1. The number of hydrogen-bond acceptors (Lipinski definition) is 3. The van der Waals surface area contributed by atoms with Crippen LogP contribution in [0.25, 0.3) is 0 Å². The number of nitrogens with two attached hydrogens (primary N) is 1. The van der Waals surface area contributed by atoms with Crippen molar-refractivity contribution in [2.75, 3.05) is 6.61 Å². The lowest BCUT2D eigenvalue weighted by atomic mass is 9.60. The summed E-state index contributed by atoms with van der Waals surface area (Å²) in [5, 5.41) is 0. The smallest absolute Gasteiger partial charge is 0.306 e. The molecule has 0 aromatic rings. The molecule has 8 atom stereocenters. The van der Waals surface area contributed by atoms with E-state index in [0.717, 1.165) is 42.1 Å². The zero-order valence-corrected chi connectivity index (χ0v) is 10.7. The van der Waals surface area contributed by atoms with Gasteiger partial charge in [0, 0.05) is 11.5 Å². The van der Waals surface area contributed by atoms with Gasteiger partial charge in [-0.25, -0.2) is 0 Å². The lowest BCUT2D eigenvalue weighted by Gasteiger charge is -2.44. The van der Waals surface area contributed by atoms with Crippen LogP contribution in [0.2, 0.25) is 0 Å². The highest BCUT2D eigenvalue weighted by Crippen LogP contribution is 2.72. The molecule has 5 fully saturated rings. The highest BCUT2D eigenvalue weighted by Gasteiger charge is 2.69. The van der Waals surface area contributed by atoms with Gasteiger partial charge in [0.15, 0.2) is 0 Å². The SMILES string of the molecule is NC1CC2CC1C1C3CC(C21)[C@@]1(COC(=O)C1)C3. The molecule has 1 heterocycles. The minimum absolute atomic E-state index is 0.0546. The molecule has 4 aliphatic carbocycles. The third-order valence-electron chi connectivity index (χ3n) is 7.22. The Balaban J connectivity index is 1.52. The van der Waals surface area contributed by atoms with Crippen LogP contribution in [0.4, 0.5) is 0 Å². The van der Waals surface area contributed by atoms with E-state index < -0.39 is 0 Å². The largest absolute Gasteiger partial charge is 0.465 e. The van der Waals surface area contributed by atoms with Crippen molar-refractivity contribution in [3.63, 3.8) is 0 Å². The molecule has 1 aliphatic heterocycles. The summed E-state index contributed by atoms with van der Waals surface area (Å²) in [6, 6.07) is 0.480. The van der Waals surface area contributed by atoms with Crippen LogP contribution in [0.1, 0.15) is 32.1 Å². The van der Waals surface area contributed by atoms with Gasteiger partial charge in [-0.3, -0.25) is 4.79 Å². The van der Waals surface area contributed by atoms with E-state index in [2.05, 4.69) is 0 Å². The summed E-state index contributed by atoms with van der Waals surface area (Å²) >= 11 is 0. The summed E-state index contributed by atoms with van der Waals surface area (Å²) in [7, 11) is 0. The molecule has 0 aromatic carbocycles. The molecule has 18 heavy (non-hydrogen) atoms. The molecule has 3 heteroatoms. The molecular formula is C15H21NO2. The van der Waals surface area contributed by atoms with E-state index in [-0.39, 0.29) is 11.4 Å². The third-order valence-corrected chi connectivity index (χ3v) is 7.22. The fraction of sp³-hybridized carbons (Fsp3) is 0.933. The second kappa shape index (κ2) is 2.95. The van der Waals surface area contributed by atoms with E-state index in [1.165, 1.54) is 25.7 Å². The Bertz CT molecular complexity index is 436. The number of rotatable bonds is 0. The average Bonchev–Trinajstić information content (AvgIpc) is 3.04. The monoisotopic (exact) mass is 247 g/mol. The molecule has 1 saturated heterocycles. The van der Waals surface area contributed by atoms with Gasteiger partial charge in [0.2, 0.25) is 0 Å². The van der Waals surface area contributed by atoms with E-state index >= 15 is 0 Å². The van der Waals surface area contributed by atoms with Crippen molar-refractivity contribution >= 4 is 5.97 Å². The summed E-state index contributed by atoms with van der Waals surface area (Å²) in [5.41, 5.74) is 6.54.